The molecule has 0 unspecified atom stereocenters. The zero-order valence-electron chi connectivity index (χ0n) is 13.6. The van der Waals surface area contributed by atoms with Gasteiger partial charge in [0.15, 0.2) is 18.2 Å². The molecule has 0 aliphatic rings. The number of carboxylic acid groups (broad SMARTS) is 1. The number of hydrogen-bond acceptors (Lipinski definition) is 3. The van der Waals surface area contributed by atoms with Crippen molar-refractivity contribution in [2.45, 2.75) is 25.2 Å². The van der Waals surface area contributed by atoms with Gasteiger partial charge in [0.1, 0.15) is 6.04 Å². The molecule has 0 aromatic heterocycles. The van der Waals surface area contributed by atoms with E-state index < -0.39 is 36.4 Å². The van der Waals surface area contributed by atoms with Crippen LogP contribution < -0.4 is 10.1 Å². The predicted molar refractivity (Wildman–Crippen MR) is 86.4 cm³/mol. The van der Waals surface area contributed by atoms with Crippen LogP contribution >= 0.6 is 0 Å². The van der Waals surface area contributed by atoms with Gasteiger partial charge >= 0.3 is 12.1 Å². The van der Waals surface area contributed by atoms with Gasteiger partial charge in [-0.25, -0.2) is 4.39 Å². The van der Waals surface area contributed by atoms with E-state index in [1.807, 2.05) is 6.07 Å². The van der Waals surface area contributed by atoms with E-state index in [1.165, 1.54) is 6.07 Å². The third kappa shape index (κ3) is 6.36. The van der Waals surface area contributed by atoms with Crippen LogP contribution in [0.25, 0.3) is 0 Å². The van der Waals surface area contributed by atoms with Crippen LogP contribution in [-0.4, -0.2) is 29.9 Å². The monoisotopic (exact) mass is 371 g/mol. The van der Waals surface area contributed by atoms with Crippen molar-refractivity contribution in [2.24, 2.45) is 0 Å². The highest BCUT2D eigenvalue weighted by Crippen LogP contribution is 2.22. The number of halogens is 4. The molecule has 1 atom stereocenters. The lowest BCUT2D eigenvalue weighted by atomic mass is 10.1. The molecule has 2 aromatic carbocycles. The highest BCUT2D eigenvalue weighted by atomic mass is 19.4. The van der Waals surface area contributed by atoms with Crippen molar-refractivity contribution in [3.63, 3.8) is 0 Å². The van der Waals surface area contributed by atoms with E-state index in [0.717, 1.165) is 17.7 Å². The maximum absolute atomic E-state index is 13.8. The molecule has 2 N–H and O–H groups in total. The quantitative estimate of drug-likeness (QED) is 0.697. The van der Waals surface area contributed by atoms with Gasteiger partial charge in [0.05, 0.1) is 0 Å². The summed E-state index contributed by atoms with van der Waals surface area (Å²) in [5.41, 5.74) is 1.22. The number of rotatable bonds is 8. The molecule has 0 bridgehead atoms. The fraction of sp³-hybridized carbons (Fsp3) is 0.278. The van der Waals surface area contributed by atoms with Crippen LogP contribution in [0.3, 0.4) is 0 Å². The Kier molecular flexibility index (Phi) is 6.57. The number of nitrogens with one attached hydrogen (secondary N) is 1. The van der Waals surface area contributed by atoms with Gasteiger partial charge < -0.3 is 15.2 Å². The third-order valence-corrected chi connectivity index (χ3v) is 3.52. The first kappa shape index (κ1) is 19.7. The normalized spacial score (nSPS) is 12.6. The van der Waals surface area contributed by atoms with Gasteiger partial charge in [-0.15, -0.1) is 0 Å². The first-order valence-corrected chi connectivity index (χ1v) is 7.72. The average Bonchev–Trinajstić information content (AvgIpc) is 2.57. The van der Waals surface area contributed by atoms with Crippen molar-refractivity contribution in [2.75, 3.05) is 6.61 Å². The van der Waals surface area contributed by atoms with E-state index in [4.69, 9.17) is 0 Å². The molecule has 0 amide bonds. The summed E-state index contributed by atoms with van der Waals surface area (Å²) in [6.07, 6.45) is -4.32. The molecule has 0 aliphatic carbocycles. The fourth-order valence-electron chi connectivity index (χ4n) is 2.27. The maximum Gasteiger partial charge on any atom is 0.422 e. The van der Waals surface area contributed by atoms with Crippen molar-refractivity contribution in [3.05, 3.63) is 65.5 Å². The number of alkyl halides is 3. The predicted octanol–water partition coefficient (Wildman–Crippen LogP) is 3.55. The number of aliphatic carboxylic acids is 1. The first-order chi connectivity index (χ1) is 12.2. The average molecular weight is 371 g/mol. The lowest BCUT2D eigenvalue weighted by Gasteiger charge is -2.15. The van der Waals surface area contributed by atoms with Crippen molar-refractivity contribution in [1.82, 2.24) is 5.32 Å². The first-order valence-electron chi connectivity index (χ1n) is 7.72. The minimum atomic E-state index is -4.56. The third-order valence-electron chi connectivity index (χ3n) is 3.52. The molecule has 0 saturated carbocycles. The molecule has 0 spiro atoms. The Morgan fingerprint density at radius 1 is 1.12 bits per heavy atom. The van der Waals surface area contributed by atoms with Crippen LogP contribution in [0.5, 0.6) is 5.75 Å². The molecular formula is C18H17F4NO3. The van der Waals surface area contributed by atoms with Gasteiger partial charge in [-0.3, -0.25) is 4.79 Å². The van der Waals surface area contributed by atoms with Crippen molar-refractivity contribution in [1.29, 1.82) is 0 Å². The molecule has 8 heteroatoms. The van der Waals surface area contributed by atoms with E-state index in [-0.39, 0.29) is 13.0 Å². The number of carboxylic acids is 1. The Bertz CT molecular complexity index is 735. The number of benzene rings is 2. The van der Waals surface area contributed by atoms with E-state index >= 15 is 0 Å². The topological polar surface area (TPSA) is 58.6 Å². The summed E-state index contributed by atoms with van der Waals surface area (Å²) in [5, 5.41) is 12.1. The molecule has 0 saturated heterocycles. The van der Waals surface area contributed by atoms with Gasteiger partial charge in [-0.2, -0.15) is 13.2 Å². The molecule has 140 valence electrons. The molecule has 0 heterocycles. The molecular weight excluding hydrogens is 354 g/mol. The molecule has 0 aliphatic heterocycles. The summed E-state index contributed by atoms with van der Waals surface area (Å²) in [5.74, 6) is -2.51. The molecule has 2 rings (SSSR count). The SMILES string of the molecule is O=C(O)[C@H](Cc1ccccc1)NCc1ccc(OCC(F)(F)F)c(F)c1. The Balaban J connectivity index is 1.96. The molecule has 4 nitrogen and oxygen atoms in total. The number of hydrogen-bond donors (Lipinski definition) is 2. The van der Waals surface area contributed by atoms with Crippen LogP contribution in [0.4, 0.5) is 17.6 Å². The summed E-state index contributed by atoms with van der Waals surface area (Å²) < 4.78 is 54.5. The Hall–Kier alpha value is -2.61. The van der Waals surface area contributed by atoms with Crippen LogP contribution in [0.1, 0.15) is 11.1 Å². The van der Waals surface area contributed by atoms with Gasteiger partial charge in [-0.1, -0.05) is 36.4 Å². The summed E-state index contributed by atoms with van der Waals surface area (Å²) in [7, 11) is 0. The summed E-state index contributed by atoms with van der Waals surface area (Å²) in [6.45, 7) is -1.54. The lowest BCUT2D eigenvalue weighted by Crippen LogP contribution is -2.38. The summed E-state index contributed by atoms with van der Waals surface area (Å²) >= 11 is 0. The van der Waals surface area contributed by atoms with Crippen LogP contribution in [-0.2, 0) is 17.8 Å². The van der Waals surface area contributed by atoms with E-state index in [2.05, 4.69) is 10.1 Å². The Morgan fingerprint density at radius 3 is 2.38 bits per heavy atom. The smallest absolute Gasteiger partial charge is 0.422 e. The number of carbonyl (C=O) groups is 1. The maximum atomic E-state index is 13.8. The summed E-state index contributed by atoms with van der Waals surface area (Å²) in [6, 6.07) is 11.6. The molecule has 0 radical (unpaired) electrons. The van der Waals surface area contributed by atoms with Gasteiger partial charge in [0, 0.05) is 6.54 Å². The van der Waals surface area contributed by atoms with Crippen molar-refractivity contribution in [3.8, 4) is 5.75 Å². The Morgan fingerprint density at radius 2 is 1.81 bits per heavy atom. The highest BCUT2D eigenvalue weighted by molar-refractivity contribution is 5.73. The molecule has 2 aromatic rings. The second kappa shape index (κ2) is 8.66. The van der Waals surface area contributed by atoms with Crippen molar-refractivity contribution >= 4 is 5.97 Å². The zero-order valence-corrected chi connectivity index (χ0v) is 13.6. The van der Waals surface area contributed by atoms with Gasteiger partial charge in [0.2, 0.25) is 0 Å². The number of ether oxygens (including phenoxy) is 1. The van der Waals surface area contributed by atoms with Crippen LogP contribution in [0, 0.1) is 5.82 Å². The zero-order chi connectivity index (χ0) is 19.2. The molecule has 26 heavy (non-hydrogen) atoms. The van der Waals surface area contributed by atoms with Crippen LogP contribution in [0.2, 0.25) is 0 Å². The summed E-state index contributed by atoms with van der Waals surface area (Å²) in [4.78, 5) is 11.4. The second-order valence-corrected chi connectivity index (χ2v) is 5.63. The fourth-order valence-corrected chi connectivity index (χ4v) is 2.27. The minimum absolute atomic E-state index is 0.0419. The van der Waals surface area contributed by atoms with E-state index in [0.29, 0.717) is 5.56 Å². The molecule has 0 fully saturated rings. The van der Waals surface area contributed by atoms with Gasteiger partial charge in [0.25, 0.3) is 0 Å². The Labute approximate surface area is 147 Å². The highest BCUT2D eigenvalue weighted by Gasteiger charge is 2.29. The van der Waals surface area contributed by atoms with Crippen LogP contribution in [0.15, 0.2) is 48.5 Å². The second-order valence-electron chi connectivity index (χ2n) is 5.63. The van der Waals surface area contributed by atoms with Gasteiger partial charge in [-0.05, 0) is 29.7 Å². The lowest BCUT2D eigenvalue weighted by molar-refractivity contribution is -0.153. The standard InChI is InChI=1S/C18H17F4NO3/c19-14-8-13(6-7-16(14)26-11-18(20,21)22)10-23-15(17(24)25)9-12-4-2-1-3-5-12/h1-8,15,23H,9-11H2,(H,24,25)/t15-/m0/s1. The van der Waals surface area contributed by atoms with Crippen molar-refractivity contribution < 1.29 is 32.2 Å². The largest absolute Gasteiger partial charge is 0.481 e. The van der Waals surface area contributed by atoms with E-state index in [1.54, 1.807) is 24.3 Å². The van der Waals surface area contributed by atoms with E-state index in [9.17, 15) is 27.5 Å². The minimum Gasteiger partial charge on any atom is -0.481 e.